The Kier molecular flexibility index (Phi) is 4.87. The van der Waals surface area contributed by atoms with Crippen LogP contribution < -0.4 is 10.5 Å². The standard InChI is InChI=1S/C16H18N4O5/c1-9-6-11(20(23)24)7-10(2)13(9)19-8-17-14(18(3)4)12(15(19)21)16(22)25-5/h6-8H,1-5H3. The van der Waals surface area contributed by atoms with Gasteiger partial charge in [-0.2, -0.15) is 0 Å². The van der Waals surface area contributed by atoms with Crippen LogP contribution in [0.4, 0.5) is 11.5 Å². The van der Waals surface area contributed by atoms with Crippen LogP contribution in [-0.4, -0.2) is 41.6 Å². The van der Waals surface area contributed by atoms with Gasteiger partial charge in [-0.25, -0.2) is 9.78 Å². The van der Waals surface area contributed by atoms with Crippen molar-refractivity contribution in [1.29, 1.82) is 0 Å². The number of nitrogens with zero attached hydrogens (tertiary/aromatic N) is 4. The van der Waals surface area contributed by atoms with Crippen molar-refractivity contribution in [3.8, 4) is 5.69 Å². The second-order valence-corrected chi connectivity index (χ2v) is 5.69. The van der Waals surface area contributed by atoms with Gasteiger partial charge in [0.2, 0.25) is 0 Å². The molecule has 1 heterocycles. The molecule has 0 spiro atoms. The predicted molar refractivity (Wildman–Crippen MR) is 91.6 cm³/mol. The summed E-state index contributed by atoms with van der Waals surface area (Å²) in [5.74, 6) is -0.613. The maximum atomic E-state index is 12.9. The van der Waals surface area contributed by atoms with Gasteiger partial charge in [0.05, 0.1) is 17.7 Å². The molecule has 2 rings (SSSR count). The SMILES string of the molecule is COC(=O)c1c(N(C)C)ncn(-c2c(C)cc([N+](=O)[O-])cc2C)c1=O. The molecule has 0 radical (unpaired) electrons. The zero-order chi connectivity index (χ0) is 18.9. The third-order valence-electron chi connectivity index (χ3n) is 3.69. The van der Waals surface area contributed by atoms with Crippen molar-refractivity contribution < 1.29 is 14.5 Å². The number of esters is 1. The first-order valence-corrected chi connectivity index (χ1v) is 7.32. The van der Waals surface area contributed by atoms with Gasteiger partial charge >= 0.3 is 5.97 Å². The number of carbonyl (C=O) groups is 1. The number of ether oxygens (including phenoxy) is 1. The van der Waals surface area contributed by atoms with Gasteiger partial charge in [0.25, 0.3) is 11.2 Å². The zero-order valence-electron chi connectivity index (χ0n) is 14.6. The molecular formula is C16H18N4O5. The van der Waals surface area contributed by atoms with E-state index in [0.29, 0.717) is 16.8 Å². The van der Waals surface area contributed by atoms with Crippen molar-refractivity contribution in [3.63, 3.8) is 0 Å². The Balaban J connectivity index is 2.80. The number of rotatable bonds is 4. The number of methoxy groups -OCH3 is 1. The quantitative estimate of drug-likeness (QED) is 0.470. The molecule has 132 valence electrons. The fraction of sp³-hybridized carbons (Fsp3) is 0.312. The van der Waals surface area contributed by atoms with Crippen LogP contribution in [-0.2, 0) is 4.74 Å². The highest BCUT2D eigenvalue weighted by molar-refractivity contribution is 5.94. The summed E-state index contributed by atoms with van der Waals surface area (Å²) >= 11 is 0. The molecular weight excluding hydrogens is 328 g/mol. The molecule has 0 aliphatic rings. The fourth-order valence-electron chi connectivity index (χ4n) is 2.64. The maximum absolute atomic E-state index is 12.9. The van der Waals surface area contributed by atoms with Gasteiger partial charge in [-0.1, -0.05) is 0 Å². The van der Waals surface area contributed by atoms with E-state index in [-0.39, 0.29) is 17.1 Å². The smallest absolute Gasteiger partial charge is 0.347 e. The second-order valence-electron chi connectivity index (χ2n) is 5.69. The van der Waals surface area contributed by atoms with Gasteiger partial charge in [-0.15, -0.1) is 0 Å². The molecule has 0 N–H and O–H groups in total. The fourth-order valence-corrected chi connectivity index (χ4v) is 2.64. The lowest BCUT2D eigenvalue weighted by molar-refractivity contribution is -0.384. The van der Waals surface area contributed by atoms with E-state index in [1.807, 2.05) is 0 Å². The lowest BCUT2D eigenvalue weighted by Crippen LogP contribution is -2.31. The summed E-state index contributed by atoms with van der Waals surface area (Å²) in [5.41, 5.74) is 0.599. The van der Waals surface area contributed by atoms with Crippen LogP contribution >= 0.6 is 0 Å². The van der Waals surface area contributed by atoms with Crippen LogP contribution in [0.15, 0.2) is 23.3 Å². The zero-order valence-corrected chi connectivity index (χ0v) is 14.6. The van der Waals surface area contributed by atoms with Crippen molar-refractivity contribution >= 4 is 17.5 Å². The largest absolute Gasteiger partial charge is 0.465 e. The molecule has 0 amide bonds. The Morgan fingerprint density at radius 1 is 1.28 bits per heavy atom. The third kappa shape index (κ3) is 3.21. The van der Waals surface area contributed by atoms with Crippen LogP contribution in [0.2, 0.25) is 0 Å². The predicted octanol–water partition coefficient (Wildman–Crippen LogP) is 1.61. The van der Waals surface area contributed by atoms with Crippen LogP contribution in [0.3, 0.4) is 0 Å². The number of aryl methyl sites for hydroxylation is 2. The van der Waals surface area contributed by atoms with Gasteiger partial charge in [0.1, 0.15) is 12.1 Å². The summed E-state index contributed by atoms with van der Waals surface area (Å²) in [4.78, 5) is 41.1. The van der Waals surface area contributed by atoms with E-state index in [1.54, 1.807) is 27.9 Å². The van der Waals surface area contributed by atoms with Crippen LogP contribution in [0.25, 0.3) is 5.69 Å². The van der Waals surface area contributed by atoms with Crippen LogP contribution in [0, 0.1) is 24.0 Å². The van der Waals surface area contributed by atoms with Crippen molar-refractivity contribution in [2.75, 3.05) is 26.1 Å². The van der Waals surface area contributed by atoms with E-state index in [9.17, 15) is 19.7 Å². The molecule has 1 aromatic heterocycles. The summed E-state index contributed by atoms with van der Waals surface area (Å²) < 4.78 is 5.90. The molecule has 0 bridgehead atoms. The van der Waals surface area contributed by atoms with E-state index in [2.05, 4.69) is 4.98 Å². The molecule has 0 fully saturated rings. The molecule has 9 heteroatoms. The number of aromatic nitrogens is 2. The molecule has 1 aromatic carbocycles. The molecule has 0 atom stereocenters. The number of carbonyl (C=O) groups excluding carboxylic acids is 1. The average molecular weight is 346 g/mol. The lowest BCUT2D eigenvalue weighted by atomic mass is 10.1. The molecule has 0 saturated heterocycles. The summed E-state index contributed by atoms with van der Waals surface area (Å²) in [6.07, 6.45) is 1.30. The highest BCUT2D eigenvalue weighted by Crippen LogP contribution is 2.25. The molecule has 0 aliphatic carbocycles. The number of hydrogen-bond acceptors (Lipinski definition) is 7. The van der Waals surface area contributed by atoms with Crippen molar-refractivity contribution in [1.82, 2.24) is 9.55 Å². The minimum atomic E-state index is -0.798. The Bertz CT molecular complexity index is 894. The monoisotopic (exact) mass is 346 g/mol. The van der Waals surface area contributed by atoms with E-state index < -0.39 is 16.5 Å². The molecule has 9 nitrogen and oxygen atoms in total. The number of anilines is 1. The van der Waals surface area contributed by atoms with Gasteiger partial charge in [0.15, 0.2) is 5.56 Å². The lowest BCUT2D eigenvalue weighted by Gasteiger charge is -2.18. The van der Waals surface area contributed by atoms with Gasteiger partial charge in [-0.3, -0.25) is 19.5 Å². The number of nitro groups is 1. The summed E-state index contributed by atoms with van der Waals surface area (Å²) in [6, 6.07) is 2.74. The Labute approximate surface area is 143 Å². The first kappa shape index (κ1) is 18.1. The minimum Gasteiger partial charge on any atom is -0.465 e. The van der Waals surface area contributed by atoms with Crippen molar-refractivity contribution in [2.45, 2.75) is 13.8 Å². The second kappa shape index (κ2) is 6.71. The van der Waals surface area contributed by atoms with Crippen molar-refractivity contribution in [3.05, 3.63) is 55.6 Å². The van der Waals surface area contributed by atoms with Gasteiger partial charge in [0, 0.05) is 26.2 Å². The van der Waals surface area contributed by atoms with Gasteiger partial charge < -0.3 is 9.64 Å². The number of non-ortho nitro benzene ring substituents is 1. The molecule has 0 unspecified atom stereocenters. The third-order valence-corrected chi connectivity index (χ3v) is 3.69. The Morgan fingerprint density at radius 3 is 2.28 bits per heavy atom. The number of benzene rings is 1. The Hall–Kier alpha value is -3.23. The van der Waals surface area contributed by atoms with Gasteiger partial charge in [-0.05, 0) is 25.0 Å². The van der Waals surface area contributed by atoms with E-state index in [1.165, 1.54) is 35.0 Å². The highest BCUT2D eigenvalue weighted by Gasteiger charge is 2.23. The Morgan fingerprint density at radius 2 is 1.84 bits per heavy atom. The van der Waals surface area contributed by atoms with Crippen molar-refractivity contribution in [2.24, 2.45) is 0 Å². The number of hydrogen-bond donors (Lipinski definition) is 0. The highest BCUT2D eigenvalue weighted by atomic mass is 16.6. The molecule has 2 aromatic rings. The summed E-state index contributed by atoms with van der Waals surface area (Å²) in [6.45, 7) is 3.30. The normalized spacial score (nSPS) is 10.4. The molecule has 25 heavy (non-hydrogen) atoms. The number of nitro benzene ring substituents is 1. The molecule has 0 saturated carbocycles. The first-order chi connectivity index (χ1) is 11.7. The van der Waals surface area contributed by atoms with E-state index >= 15 is 0 Å². The molecule has 0 aliphatic heterocycles. The topological polar surface area (TPSA) is 108 Å². The average Bonchev–Trinajstić information content (AvgIpc) is 2.54. The summed E-state index contributed by atoms with van der Waals surface area (Å²) in [5, 5.41) is 11.0. The first-order valence-electron chi connectivity index (χ1n) is 7.32. The maximum Gasteiger partial charge on any atom is 0.347 e. The van der Waals surface area contributed by atoms with Crippen LogP contribution in [0.1, 0.15) is 21.5 Å². The summed E-state index contributed by atoms with van der Waals surface area (Å²) in [7, 11) is 4.49. The minimum absolute atomic E-state index is 0.0714. The van der Waals surface area contributed by atoms with Crippen LogP contribution in [0.5, 0.6) is 0 Å². The van der Waals surface area contributed by atoms with E-state index in [0.717, 1.165) is 0 Å². The van der Waals surface area contributed by atoms with E-state index in [4.69, 9.17) is 4.74 Å².